The van der Waals surface area contributed by atoms with Crippen molar-refractivity contribution in [2.75, 3.05) is 0 Å². The smallest absolute Gasteiger partial charge is 0.0931 e. The van der Waals surface area contributed by atoms with Crippen molar-refractivity contribution in [3.8, 4) is 11.1 Å². The number of imidazole rings is 1. The van der Waals surface area contributed by atoms with Gasteiger partial charge in [-0.05, 0) is 24.6 Å². The van der Waals surface area contributed by atoms with Crippen LogP contribution in [0.3, 0.4) is 0 Å². The molecule has 1 aromatic carbocycles. The van der Waals surface area contributed by atoms with E-state index in [0.29, 0.717) is 0 Å². The van der Waals surface area contributed by atoms with E-state index in [2.05, 4.69) is 32.3 Å². The van der Waals surface area contributed by atoms with E-state index in [4.69, 9.17) is 0 Å². The van der Waals surface area contributed by atoms with Crippen LogP contribution in [0.5, 0.6) is 0 Å². The maximum atomic E-state index is 4.18. The number of nitrogens with zero attached hydrogens (tertiary/aromatic N) is 2. The third kappa shape index (κ3) is 1.22. The first-order valence-electron chi connectivity index (χ1n) is 4.78. The number of H-pyrrole nitrogens is 2. The van der Waals surface area contributed by atoms with Crippen molar-refractivity contribution in [3.63, 3.8) is 0 Å². The largest absolute Gasteiger partial charge is 0.345 e. The standard InChI is InChI=1S/C11H10N4/c1-7-9(5-14-15-7)8-2-3-10-11(4-8)13-6-12-10/h2-6H,1H3,(H,12,13)(H,14,15). The molecule has 4 heteroatoms. The van der Waals surface area contributed by atoms with Crippen LogP contribution in [-0.2, 0) is 0 Å². The highest BCUT2D eigenvalue weighted by atomic mass is 15.1. The number of aromatic nitrogens is 4. The van der Waals surface area contributed by atoms with Gasteiger partial charge >= 0.3 is 0 Å². The molecule has 0 spiro atoms. The number of fused-ring (bicyclic) bond motifs is 1. The second-order valence-corrected chi connectivity index (χ2v) is 3.54. The number of hydrogen-bond donors (Lipinski definition) is 2. The summed E-state index contributed by atoms with van der Waals surface area (Å²) >= 11 is 0. The van der Waals surface area contributed by atoms with Gasteiger partial charge in [0.05, 0.1) is 23.6 Å². The molecule has 0 saturated carbocycles. The van der Waals surface area contributed by atoms with Crippen molar-refractivity contribution in [2.24, 2.45) is 0 Å². The molecule has 2 N–H and O–H groups in total. The van der Waals surface area contributed by atoms with Gasteiger partial charge in [-0.15, -0.1) is 0 Å². The average Bonchev–Trinajstić information content (AvgIpc) is 2.84. The Hall–Kier alpha value is -2.10. The fourth-order valence-corrected chi connectivity index (χ4v) is 1.74. The molecule has 0 radical (unpaired) electrons. The Morgan fingerprint density at radius 1 is 1.27 bits per heavy atom. The zero-order chi connectivity index (χ0) is 10.3. The van der Waals surface area contributed by atoms with E-state index in [9.17, 15) is 0 Å². The molecule has 0 bridgehead atoms. The first kappa shape index (κ1) is 8.23. The van der Waals surface area contributed by atoms with Gasteiger partial charge in [-0.1, -0.05) is 6.07 Å². The SMILES string of the molecule is Cc1[nH]ncc1-c1ccc2nc[nH]c2c1. The Labute approximate surface area is 86.4 Å². The van der Waals surface area contributed by atoms with Crippen molar-refractivity contribution in [3.05, 3.63) is 36.4 Å². The number of rotatable bonds is 1. The third-order valence-corrected chi connectivity index (χ3v) is 2.56. The van der Waals surface area contributed by atoms with E-state index in [0.717, 1.165) is 27.9 Å². The second-order valence-electron chi connectivity index (χ2n) is 3.54. The minimum atomic E-state index is 0.986. The van der Waals surface area contributed by atoms with Crippen LogP contribution in [0.15, 0.2) is 30.7 Å². The lowest BCUT2D eigenvalue weighted by Gasteiger charge is -1.98. The summed E-state index contributed by atoms with van der Waals surface area (Å²) in [5, 5.41) is 6.95. The van der Waals surface area contributed by atoms with E-state index in [-0.39, 0.29) is 0 Å². The van der Waals surface area contributed by atoms with Crippen molar-refractivity contribution in [1.82, 2.24) is 20.2 Å². The van der Waals surface area contributed by atoms with Crippen molar-refractivity contribution < 1.29 is 0 Å². The van der Waals surface area contributed by atoms with E-state index < -0.39 is 0 Å². The van der Waals surface area contributed by atoms with Crippen LogP contribution >= 0.6 is 0 Å². The molecule has 0 fully saturated rings. The fraction of sp³-hybridized carbons (Fsp3) is 0.0909. The summed E-state index contributed by atoms with van der Waals surface area (Å²) in [6, 6.07) is 6.15. The third-order valence-electron chi connectivity index (χ3n) is 2.56. The Bertz CT molecular complexity index is 606. The summed E-state index contributed by atoms with van der Waals surface area (Å²) in [5.74, 6) is 0. The van der Waals surface area contributed by atoms with E-state index >= 15 is 0 Å². The maximum Gasteiger partial charge on any atom is 0.0931 e. The van der Waals surface area contributed by atoms with Crippen LogP contribution in [0, 0.1) is 6.92 Å². The molecular weight excluding hydrogens is 188 g/mol. The summed E-state index contributed by atoms with van der Waals surface area (Å²) in [6.07, 6.45) is 3.55. The first-order chi connectivity index (χ1) is 7.34. The van der Waals surface area contributed by atoms with E-state index in [1.54, 1.807) is 6.33 Å². The molecule has 0 saturated heterocycles. The molecule has 0 amide bonds. The molecule has 0 atom stereocenters. The topological polar surface area (TPSA) is 57.4 Å². The minimum Gasteiger partial charge on any atom is -0.345 e. The van der Waals surface area contributed by atoms with Crippen molar-refractivity contribution in [2.45, 2.75) is 6.92 Å². The molecule has 15 heavy (non-hydrogen) atoms. The molecular formula is C11H10N4. The van der Waals surface area contributed by atoms with Gasteiger partial charge < -0.3 is 4.98 Å². The normalized spacial score (nSPS) is 11.0. The lowest BCUT2D eigenvalue weighted by molar-refractivity contribution is 1.05. The maximum absolute atomic E-state index is 4.18. The molecule has 0 unspecified atom stereocenters. The van der Waals surface area contributed by atoms with Gasteiger partial charge in [-0.2, -0.15) is 5.10 Å². The number of benzene rings is 1. The highest BCUT2D eigenvalue weighted by Gasteiger charge is 2.05. The monoisotopic (exact) mass is 198 g/mol. The van der Waals surface area contributed by atoms with Gasteiger partial charge in [0.15, 0.2) is 0 Å². The van der Waals surface area contributed by atoms with Gasteiger partial charge in [0.1, 0.15) is 0 Å². The van der Waals surface area contributed by atoms with Crippen LogP contribution in [0.1, 0.15) is 5.69 Å². The lowest BCUT2D eigenvalue weighted by atomic mass is 10.1. The quantitative estimate of drug-likeness (QED) is 0.630. The van der Waals surface area contributed by atoms with Gasteiger partial charge in [0.25, 0.3) is 0 Å². The van der Waals surface area contributed by atoms with Crippen molar-refractivity contribution >= 4 is 11.0 Å². The lowest BCUT2D eigenvalue weighted by Crippen LogP contribution is -1.79. The Morgan fingerprint density at radius 2 is 2.20 bits per heavy atom. The average molecular weight is 198 g/mol. The highest BCUT2D eigenvalue weighted by molar-refractivity contribution is 5.81. The predicted molar refractivity (Wildman–Crippen MR) is 58.4 cm³/mol. The van der Waals surface area contributed by atoms with Crippen molar-refractivity contribution in [1.29, 1.82) is 0 Å². The molecule has 0 aliphatic heterocycles. The minimum absolute atomic E-state index is 0.986. The number of hydrogen-bond acceptors (Lipinski definition) is 2. The summed E-state index contributed by atoms with van der Waals surface area (Å²) in [7, 11) is 0. The van der Waals surface area contributed by atoms with Crippen LogP contribution in [0.25, 0.3) is 22.2 Å². The number of aryl methyl sites for hydroxylation is 1. The second kappa shape index (κ2) is 2.95. The predicted octanol–water partition coefficient (Wildman–Crippen LogP) is 2.26. The van der Waals surface area contributed by atoms with Crippen LogP contribution in [-0.4, -0.2) is 20.2 Å². The van der Waals surface area contributed by atoms with Gasteiger partial charge in [0.2, 0.25) is 0 Å². The van der Waals surface area contributed by atoms with Gasteiger partial charge in [-0.25, -0.2) is 4.98 Å². The first-order valence-corrected chi connectivity index (χ1v) is 4.78. The van der Waals surface area contributed by atoms with Crippen LogP contribution in [0.2, 0.25) is 0 Å². The molecule has 2 aromatic heterocycles. The summed E-state index contributed by atoms with van der Waals surface area (Å²) in [5.41, 5.74) is 5.39. The Morgan fingerprint density at radius 3 is 3.00 bits per heavy atom. The molecule has 74 valence electrons. The van der Waals surface area contributed by atoms with Gasteiger partial charge in [-0.3, -0.25) is 5.10 Å². The van der Waals surface area contributed by atoms with E-state index in [1.807, 2.05) is 19.2 Å². The Kier molecular flexibility index (Phi) is 1.62. The van der Waals surface area contributed by atoms with Crippen LogP contribution < -0.4 is 0 Å². The molecule has 3 rings (SSSR count). The van der Waals surface area contributed by atoms with Gasteiger partial charge in [0, 0.05) is 11.3 Å². The molecule has 0 aliphatic carbocycles. The summed E-state index contributed by atoms with van der Waals surface area (Å²) in [6.45, 7) is 2.01. The number of aromatic amines is 2. The fourth-order valence-electron chi connectivity index (χ4n) is 1.74. The molecule has 0 aliphatic rings. The summed E-state index contributed by atoms with van der Waals surface area (Å²) < 4.78 is 0. The molecule has 4 nitrogen and oxygen atoms in total. The Balaban J connectivity index is 2.23. The number of nitrogens with one attached hydrogen (secondary N) is 2. The molecule has 3 aromatic rings. The summed E-state index contributed by atoms with van der Waals surface area (Å²) in [4.78, 5) is 7.28. The highest BCUT2D eigenvalue weighted by Crippen LogP contribution is 2.24. The molecule has 2 heterocycles. The van der Waals surface area contributed by atoms with Crippen LogP contribution in [0.4, 0.5) is 0 Å². The zero-order valence-corrected chi connectivity index (χ0v) is 8.28. The zero-order valence-electron chi connectivity index (χ0n) is 8.28. The van der Waals surface area contributed by atoms with E-state index in [1.165, 1.54) is 0 Å².